The molecule has 0 aliphatic heterocycles. The predicted molar refractivity (Wildman–Crippen MR) is 101 cm³/mol. The highest BCUT2D eigenvalue weighted by atomic mass is 16.2. The number of nitrogens with zero attached hydrogens (tertiary/aromatic N) is 2. The molecular formula is C21H21N3O. The maximum atomic E-state index is 12.1. The summed E-state index contributed by atoms with van der Waals surface area (Å²) in [4.78, 5) is 12.1. The Labute approximate surface area is 147 Å². The van der Waals surface area contributed by atoms with Gasteiger partial charge in [-0.2, -0.15) is 5.10 Å². The van der Waals surface area contributed by atoms with E-state index in [1.807, 2.05) is 50.2 Å². The van der Waals surface area contributed by atoms with Crippen molar-refractivity contribution in [3.63, 3.8) is 0 Å². The minimum Gasteiger partial charge on any atom is -0.318 e. The Morgan fingerprint density at radius 3 is 2.48 bits per heavy atom. The highest BCUT2D eigenvalue weighted by Crippen LogP contribution is 2.19. The van der Waals surface area contributed by atoms with Gasteiger partial charge in [-0.15, -0.1) is 0 Å². The maximum Gasteiger partial charge on any atom is 0.271 e. The van der Waals surface area contributed by atoms with E-state index >= 15 is 0 Å². The monoisotopic (exact) mass is 331 g/mol. The van der Waals surface area contributed by atoms with Crippen LogP contribution in [-0.2, 0) is 0 Å². The van der Waals surface area contributed by atoms with Crippen molar-refractivity contribution in [3.8, 4) is 5.69 Å². The van der Waals surface area contributed by atoms with Gasteiger partial charge in [0, 0.05) is 28.2 Å². The molecule has 4 nitrogen and oxygen atoms in total. The van der Waals surface area contributed by atoms with Gasteiger partial charge in [-0.3, -0.25) is 4.79 Å². The molecule has 1 N–H and O–H groups in total. The molecule has 3 aromatic rings. The van der Waals surface area contributed by atoms with Gasteiger partial charge in [-0.1, -0.05) is 35.9 Å². The second kappa shape index (κ2) is 7.18. The lowest BCUT2D eigenvalue weighted by Gasteiger charge is -2.08. The Bertz CT molecular complexity index is 924. The number of hydrazone groups is 1. The maximum absolute atomic E-state index is 12.1. The van der Waals surface area contributed by atoms with Gasteiger partial charge < -0.3 is 4.57 Å². The number of amides is 1. The Morgan fingerprint density at radius 2 is 1.76 bits per heavy atom. The summed E-state index contributed by atoms with van der Waals surface area (Å²) >= 11 is 0. The van der Waals surface area contributed by atoms with E-state index in [9.17, 15) is 4.79 Å². The molecule has 25 heavy (non-hydrogen) atoms. The van der Waals surface area contributed by atoms with E-state index in [0.29, 0.717) is 5.56 Å². The quantitative estimate of drug-likeness (QED) is 0.566. The van der Waals surface area contributed by atoms with Crippen LogP contribution < -0.4 is 5.43 Å². The summed E-state index contributed by atoms with van der Waals surface area (Å²) in [5.74, 6) is -0.211. The number of benzene rings is 2. The molecular weight excluding hydrogens is 310 g/mol. The molecule has 0 aliphatic rings. The van der Waals surface area contributed by atoms with Crippen LogP contribution in [0.2, 0.25) is 0 Å². The van der Waals surface area contributed by atoms with Gasteiger partial charge >= 0.3 is 0 Å². The molecule has 0 aliphatic carbocycles. The summed E-state index contributed by atoms with van der Waals surface area (Å²) in [6.45, 7) is 6.06. The van der Waals surface area contributed by atoms with Crippen LogP contribution in [0.5, 0.6) is 0 Å². The van der Waals surface area contributed by atoms with E-state index < -0.39 is 0 Å². The van der Waals surface area contributed by atoms with Gasteiger partial charge in [0.1, 0.15) is 0 Å². The third kappa shape index (κ3) is 3.69. The standard InChI is InChI=1S/C21H21N3O/c1-15-8-7-9-18(12-15)21(25)23-22-14-19-13-16(2)24(17(19)3)20-10-5-4-6-11-20/h4-14H,1-3H3,(H,23,25)/b22-14-. The lowest BCUT2D eigenvalue weighted by atomic mass is 10.1. The molecule has 0 fully saturated rings. The van der Waals surface area contributed by atoms with Crippen LogP contribution in [0.15, 0.2) is 65.8 Å². The fraction of sp³-hybridized carbons (Fsp3) is 0.143. The van der Waals surface area contributed by atoms with Crippen molar-refractivity contribution in [2.75, 3.05) is 0 Å². The van der Waals surface area contributed by atoms with Crippen molar-refractivity contribution in [1.82, 2.24) is 9.99 Å². The first kappa shape index (κ1) is 16.7. The second-order valence-corrected chi connectivity index (χ2v) is 6.07. The SMILES string of the molecule is Cc1cccc(C(=O)N/N=C\c2cc(C)n(-c3ccccc3)c2C)c1. The molecule has 2 aromatic carbocycles. The van der Waals surface area contributed by atoms with Crippen molar-refractivity contribution in [2.24, 2.45) is 5.10 Å². The second-order valence-electron chi connectivity index (χ2n) is 6.07. The van der Waals surface area contributed by atoms with Crippen LogP contribution in [0.25, 0.3) is 5.69 Å². The van der Waals surface area contributed by atoms with Gasteiger partial charge in [-0.05, 0) is 51.1 Å². The average Bonchev–Trinajstić information content (AvgIpc) is 2.89. The molecule has 1 aromatic heterocycles. The smallest absolute Gasteiger partial charge is 0.271 e. The molecule has 0 unspecified atom stereocenters. The van der Waals surface area contributed by atoms with E-state index in [1.165, 1.54) is 0 Å². The lowest BCUT2D eigenvalue weighted by molar-refractivity contribution is 0.0955. The number of aromatic nitrogens is 1. The molecule has 0 saturated carbocycles. The van der Waals surface area contributed by atoms with Crippen molar-refractivity contribution >= 4 is 12.1 Å². The van der Waals surface area contributed by atoms with E-state index in [1.54, 1.807) is 12.3 Å². The highest BCUT2D eigenvalue weighted by molar-refractivity contribution is 5.95. The first-order valence-corrected chi connectivity index (χ1v) is 8.20. The summed E-state index contributed by atoms with van der Waals surface area (Å²) in [7, 11) is 0. The van der Waals surface area contributed by atoms with Gasteiger partial charge in [0.2, 0.25) is 0 Å². The number of carbonyl (C=O) groups excluding carboxylic acids is 1. The van der Waals surface area contributed by atoms with E-state index in [0.717, 1.165) is 28.2 Å². The number of hydrogen-bond acceptors (Lipinski definition) is 2. The van der Waals surface area contributed by atoms with Crippen molar-refractivity contribution in [1.29, 1.82) is 0 Å². The minimum absolute atomic E-state index is 0.211. The van der Waals surface area contributed by atoms with Crippen molar-refractivity contribution in [3.05, 3.63) is 88.7 Å². The molecule has 0 radical (unpaired) electrons. The minimum atomic E-state index is -0.211. The molecule has 1 heterocycles. The summed E-state index contributed by atoms with van der Waals surface area (Å²) < 4.78 is 2.17. The van der Waals surface area contributed by atoms with E-state index in [-0.39, 0.29) is 5.91 Å². The number of nitrogens with one attached hydrogen (secondary N) is 1. The molecule has 3 rings (SSSR count). The van der Waals surface area contributed by atoms with Crippen LogP contribution in [0.1, 0.15) is 32.9 Å². The van der Waals surface area contributed by atoms with Gasteiger partial charge in [-0.25, -0.2) is 5.43 Å². The van der Waals surface area contributed by atoms with Crippen LogP contribution >= 0.6 is 0 Å². The first-order valence-electron chi connectivity index (χ1n) is 8.20. The number of aryl methyl sites for hydroxylation is 2. The Kier molecular flexibility index (Phi) is 4.80. The zero-order valence-electron chi connectivity index (χ0n) is 14.7. The molecule has 0 saturated heterocycles. The zero-order valence-corrected chi connectivity index (χ0v) is 14.7. The molecule has 0 atom stereocenters. The summed E-state index contributed by atoms with van der Waals surface area (Å²) in [5.41, 5.74) is 8.53. The third-order valence-corrected chi connectivity index (χ3v) is 4.13. The van der Waals surface area contributed by atoms with Gasteiger partial charge in [0.05, 0.1) is 6.21 Å². The van der Waals surface area contributed by atoms with Gasteiger partial charge in [0.15, 0.2) is 0 Å². The van der Waals surface area contributed by atoms with E-state index in [2.05, 4.69) is 40.2 Å². The Hall–Kier alpha value is -3.14. The average molecular weight is 331 g/mol. The number of para-hydroxylation sites is 1. The van der Waals surface area contributed by atoms with Crippen LogP contribution in [0.4, 0.5) is 0 Å². The molecule has 126 valence electrons. The topological polar surface area (TPSA) is 46.4 Å². The van der Waals surface area contributed by atoms with Crippen molar-refractivity contribution < 1.29 is 4.79 Å². The Balaban J connectivity index is 1.77. The zero-order chi connectivity index (χ0) is 17.8. The molecule has 0 spiro atoms. The predicted octanol–water partition coefficient (Wildman–Crippen LogP) is 4.17. The van der Waals surface area contributed by atoms with E-state index in [4.69, 9.17) is 0 Å². The summed E-state index contributed by atoms with van der Waals surface area (Å²) in [6.07, 6.45) is 1.69. The molecule has 0 bridgehead atoms. The number of carbonyl (C=O) groups is 1. The van der Waals surface area contributed by atoms with Crippen LogP contribution in [-0.4, -0.2) is 16.7 Å². The molecule has 4 heteroatoms. The lowest BCUT2D eigenvalue weighted by Crippen LogP contribution is -2.17. The normalized spacial score (nSPS) is 11.0. The highest BCUT2D eigenvalue weighted by Gasteiger charge is 2.09. The van der Waals surface area contributed by atoms with Crippen LogP contribution in [0.3, 0.4) is 0 Å². The first-order chi connectivity index (χ1) is 12.1. The largest absolute Gasteiger partial charge is 0.318 e. The summed E-state index contributed by atoms with van der Waals surface area (Å²) in [6, 6.07) is 19.7. The fourth-order valence-electron chi connectivity index (χ4n) is 2.90. The fourth-order valence-corrected chi connectivity index (χ4v) is 2.90. The third-order valence-electron chi connectivity index (χ3n) is 4.13. The Morgan fingerprint density at radius 1 is 1.00 bits per heavy atom. The van der Waals surface area contributed by atoms with Crippen LogP contribution in [0, 0.1) is 20.8 Å². The molecule has 1 amide bonds. The van der Waals surface area contributed by atoms with Crippen molar-refractivity contribution in [2.45, 2.75) is 20.8 Å². The number of rotatable bonds is 4. The number of hydrogen-bond donors (Lipinski definition) is 1. The summed E-state index contributed by atoms with van der Waals surface area (Å²) in [5, 5.41) is 4.12. The van der Waals surface area contributed by atoms with Gasteiger partial charge in [0.25, 0.3) is 5.91 Å².